The maximum absolute atomic E-state index is 13.8. The Morgan fingerprint density at radius 1 is 1.12 bits per heavy atom. The van der Waals surface area contributed by atoms with Crippen LogP contribution in [0.4, 0.5) is 22.4 Å². The van der Waals surface area contributed by atoms with Crippen LogP contribution in [0.25, 0.3) is 0 Å². The van der Waals surface area contributed by atoms with Gasteiger partial charge in [0.25, 0.3) is 9.84 Å². The van der Waals surface area contributed by atoms with Gasteiger partial charge in [-0.2, -0.15) is 13.2 Å². The van der Waals surface area contributed by atoms with Gasteiger partial charge in [0.1, 0.15) is 12.4 Å². The molecule has 3 heterocycles. The van der Waals surface area contributed by atoms with E-state index in [0.29, 0.717) is 38.9 Å². The molecule has 8 nitrogen and oxygen atoms in total. The van der Waals surface area contributed by atoms with Crippen LogP contribution in [0.1, 0.15) is 18.4 Å². The first kappa shape index (κ1) is 23.3. The Morgan fingerprint density at radius 3 is 2.38 bits per heavy atom. The van der Waals surface area contributed by atoms with Crippen molar-refractivity contribution in [3.63, 3.8) is 0 Å². The van der Waals surface area contributed by atoms with Gasteiger partial charge in [0.15, 0.2) is 0 Å². The van der Waals surface area contributed by atoms with Gasteiger partial charge in [-0.05, 0) is 48.9 Å². The summed E-state index contributed by atoms with van der Waals surface area (Å²) >= 11 is 0. The Bertz CT molecular complexity index is 1140. The molecule has 186 valence electrons. The molecule has 3 saturated heterocycles. The van der Waals surface area contributed by atoms with Crippen molar-refractivity contribution in [1.82, 2.24) is 15.1 Å². The predicted molar refractivity (Wildman–Crippen MR) is 109 cm³/mol. The van der Waals surface area contributed by atoms with E-state index >= 15 is 0 Å². The largest absolute Gasteiger partial charge is 0.501 e. The summed E-state index contributed by atoms with van der Waals surface area (Å²) in [6.07, 6.45) is 1.72. The van der Waals surface area contributed by atoms with E-state index in [1.165, 1.54) is 0 Å². The second-order valence-corrected chi connectivity index (χ2v) is 12.0. The number of carbonyl (C=O) groups is 2. The lowest BCUT2D eigenvalue weighted by Crippen LogP contribution is -2.78. The summed E-state index contributed by atoms with van der Waals surface area (Å²) in [6.45, 7) is 2.32. The molecule has 0 bridgehead atoms. The first-order valence-corrected chi connectivity index (χ1v) is 12.3. The summed E-state index contributed by atoms with van der Waals surface area (Å²) in [4.78, 5) is 26.5. The zero-order valence-electron chi connectivity index (χ0n) is 18.0. The standard InChI is InChI=1S/C21H23F4N3O5S/c22-15-2-13(3-16(4-15)34(31,32)21(23,24)25)1-14-5-19(6-14)8-27(9-19)18(30)28-10-20(11-28)12-33-7-17(29)26-20/h2-4,14H,1,5-12H2,(H,26,29). The Morgan fingerprint density at radius 2 is 1.76 bits per heavy atom. The highest BCUT2D eigenvalue weighted by Crippen LogP contribution is 2.53. The number of rotatable bonds is 3. The number of nitrogens with one attached hydrogen (secondary N) is 1. The maximum atomic E-state index is 13.8. The number of hydrogen-bond donors (Lipinski definition) is 1. The van der Waals surface area contributed by atoms with Crippen LogP contribution in [-0.4, -0.2) is 80.6 Å². The summed E-state index contributed by atoms with van der Waals surface area (Å²) < 4.78 is 80.8. The molecule has 4 fully saturated rings. The normalized spacial score (nSPS) is 23.8. The van der Waals surface area contributed by atoms with Gasteiger partial charge in [0, 0.05) is 31.6 Å². The average molecular weight is 505 g/mol. The van der Waals surface area contributed by atoms with Crippen LogP contribution in [0, 0.1) is 17.2 Å². The number of carbonyl (C=O) groups excluding carboxylic acids is 2. The van der Waals surface area contributed by atoms with Gasteiger partial charge in [-0.15, -0.1) is 0 Å². The van der Waals surface area contributed by atoms with Gasteiger partial charge in [-0.1, -0.05) is 0 Å². The van der Waals surface area contributed by atoms with Crippen molar-refractivity contribution < 1.29 is 40.3 Å². The number of alkyl halides is 3. The van der Waals surface area contributed by atoms with Crippen molar-refractivity contribution in [2.24, 2.45) is 11.3 Å². The van der Waals surface area contributed by atoms with E-state index in [2.05, 4.69) is 5.32 Å². The van der Waals surface area contributed by atoms with Crippen LogP contribution < -0.4 is 5.32 Å². The molecule has 1 saturated carbocycles. The first-order chi connectivity index (χ1) is 15.8. The molecule has 0 aromatic heterocycles. The lowest BCUT2D eigenvalue weighted by Gasteiger charge is -2.61. The highest BCUT2D eigenvalue weighted by Gasteiger charge is 2.56. The van der Waals surface area contributed by atoms with Gasteiger partial charge < -0.3 is 19.9 Å². The van der Waals surface area contributed by atoms with Gasteiger partial charge in [0.2, 0.25) is 5.91 Å². The number of urea groups is 1. The number of amides is 3. The van der Waals surface area contributed by atoms with E-state index in [4.69, 9.17) is 4.74 Å². The molecule has 13 heteroatoms. The van der Waals surface area contributed by atoms with Crippen molar-refractivity contribution in [1.29, 1.82) is 0 Å². The highest BCUT2D eigenvalue weighted by molar-refractivity contribution is 7.92. The fourth-order valence-corrected chi connectivity index (χ4v) is 6.57. The van der Waals surface area contributed by atoms with E-state index < -0.39 is 31.6 Å². The number of likely N-dealkylation sites (tertiary alicyclic amines) is 2. The third kappa shape index (κ3) is 3.92. The molecule has 5 rings (SSSR count). The Hall–Kier alpha value is -2.41. The quantitative estimate of drug-likeness (QED) is 0.631. The smallest absolute Gasteiger partial charge is 0.369 e. The van der Waals surface area contributed by atoms with Crippen LogP contribution in [0.2, 0.25) is 0 Å². The molecule has 3 amide bonds. The molecule has 34 heavy (non-hydrogen) atoms. The van der Waals surface area contributed by atoms with Crippen molar-refractivity contribution in [2.45, 2.75) is 35.2 Å². The molecule has 4 aliphatic rings. The van der Waals surface area contributed by atoms with Crippen LogP contribution in [0.3, 0.4) is 0 Å². The summed E-state index contributed by atoms with van der Waals surface area (Å²) in [7, 11) is -5.62. The van der Waals surface area contributed by atoms with Crippen molar-refractivity contribution in [2.75, 3.05) is 39.4 Å². The SMILES string of the molecule is O=C1COCC2(CN(C(=O)N3CC4(CC(Cc5cc(F)cc(S(=O)(=O)C(F)(F)F)c5)C4)C3)C2)N1. The Labute approximate surface area is 193 Å². The van der Waals surface area contributed by atoms with E-state index in [-0.39, 0.29) is 41.9 Å². The number of hydrogen-bond acceptors (Lipinski definition) is 5. The molecule has 0 unspecified atom stereocenters. The van der Waals surface area contributed by atoms with Crippen LogP contribution in [0.5, 0.6) is 0 Å². The van der Waals surface area contributed by atoms with Crippen LogP contribution in [0.15, 0.2) is 23.1 Å². The molecule has 1 aromatic carbocycles. The van der Waals surface area contributed by atoms with Gasteiger partial charge in [-0.25, -0.2) is 17.6 Å². The molecule has 1 aromatic rings. The molecular weight excluding hydrogens is 482 g/mol. The topological polar surface area (TPSA) is 96.0 Å². The number of nitrogens with zero attached hydrogens (tertiary/aromatic N) is 2. The minimum Gasteiger partial charge on any atom is -0.369 e. The maximum Gasteiger partial charge on any atom is 0.501 e. The van der Waals surface area contributed by atoms with E-state index in [1.807, 2.05) is 0 Å². The fourth-order valence-electron chi connectivity index (χ4n) is 5.72. The Kier molecular flexibility index (Phi) is 5.18. The number of benzene rings is 1. The number of sulfone groups is 1. The summed E-state index contributed by atoms with van der Waals surface area (Å²) in [5, 5.41) is 2.88. The second-order valence-electron chi connectivity index (χ2n) is 10.0. The molecule has 0 atom stereocenters. The predicted octanol–water partition coefficient (Wildman–Crippen LogP) is 1.69. The molecule has 0 radical (unpaired) electrons. The monoisotopic (exact) mass is 505 g/mol. The average Bonchev–Trinajstić information content (AvgIpc) is 2.65. The number of ether oxygens (including phenoxy) is 1. The number of halogens is 4. The van der Waals surface area contributed by atoms with E-state index in [9.17, 15) is 35.6 Å². The molecule has 1 aliphatic carbocycles. The first-order valence-electron chi connectivity index (χ1n) is 10.8. The lowest BCUT2D eigenvalue weighted by atomic mass is 9.56. The summed E-state index contributed by atoms with van der Waals surface area (Å²) in [5.41, 5.74) is -5.85. The number of morpholine rings is 1. The van der Waals surface area contributed by atoms with Gasteiger partial charge in [-0.3, -0.25) is 4.79 Å². The van der Waals surface area contributed by atoms with Gasteiger partial charge >= 0.3 is 11.5 Å². The zero-order chi connectivity index (χ0) is 24.5. The lowest BCUT2D eigenvalue weighted by molar-refractivity contribution is -0.142. The minimum atomic E-state index is -5.62. The molecule has 2 spiro atoms. The fraction of sp³-hybridized carbons (Fsp3) is 0.619. The molecule has 1 N–H and O–H groups in total. The third-order valence-corrected chi connectivity index (χ3v) is 8.58. The molecule has 3 aliphatic heterocycles. The minimum absolute atomic E-state index is 0.0284. The summed E-state index contributed by atoms with van der Waals surface area (Å²) in [5.74, 6) is -1.15. The van der Waals surface area contributed by atoms with Crippen molar-refractivity contribution >= 4 is 21.8 Å². The van der Waals surface area contributed by atoms with Crippen molar-refractivity contribution in [3.05, 3.63) is 29.6 Å². The van der Waals surface area contributed by atoms with E-state index in [1.54, 1.807) is 9.80 Å². The Balaban J connectivity index is 1.12. The molecular formula is C21H23F4N3O5S. The van der Waals surface area contributed by atoms with Crippen LogP contribution >= 0.6 is 0 Å². The zero-order valence-corrected chi connectivity index (χ0v) is 18.8. The summed E-state index contributed by atoms with van der Waals surface area (Å²) in [6, 6.07) is 2.23. The van der Waals surface area contributed by atoms with Crippen LogP contribution in [-0.2, 0) is 25.8 Å². The van der Waals surface area contributed by atoms with E-state index in [0.717, 1.165) is 25.0 Å². The highest BCUT2D eigenvalue weighted by atomic mass is 32.2. The van der Waals surface area contributed by atoms with Gasteiger partial charge in [0.05, 0.1) is 17.0 Å². The second kappa shape index (κ2) is 7.54. The van der Waals surface area contributed by atoms with Crippen molar-refractivity contribution in [3.8, 4) is 0 Å². The third-order valence-electron chi connectivity index (χ3n) is 7.11.